The molecule has 2 aromatic rings. The van der Waals surface area contributed by atoms with E-state index in [1.54, 1.807) is 6.92 Å². The monoisotopic (exact) mass is 308 g/mol. The molecular weight excluding hydrogens is 296 g/mol. The minimum Gasteiger partial charge on any atom is -0.476 e. The first-order valence-electron chi connectivity index (χ1n) is 5.59. The van der Waals surface area contributed by atoms with Gasteiger partial charge in [0.05, 0.1) is 0 Å². The number of benzene rings is 1. The molecule has 0 fully saturated rings. The number of aromatic amines is 1. The van der Waals surface area contributed by atoms with Gasteiger partial charge in [-0.2, -0.15) is 0 Å². The third-order valence-electron chi connectivity index (χ3n) is 2.68. The van der Waals surface area contributed by atoms with Crippen molar-refractivity contribution in [3.8, 4) is 0 Å². The van der Waals surface area contributed by atoms with Crippen LogP contribution >= 0.6 is 15.9 Å². The number of carbonyl (C=O) groups is 1. The average Bonchev–Trinajstić information content (AvgIpc) is 2.70. The number of aromatic carboxylic acids is 1. The van der Waals surface area contributed by atoms with Gasteiger partial charge in [-0.3, -0.25) is 0 Å². The molecule has 1 heterocycles. The van der Waals surface area contributed by atoms with Crippen LogP contribution in [0.25, 0.3) is 0 Å². The van der Waals surface area contributed by atoms with Crippen LogP contribution in [0.2, 0.25) is 0 Å². The van der Waals surface area contributed by atoms with E-state index in [2.05, 4.69) is 25.9 Å². The van der Waals surface area contributed by atoms with Gasteiger partial charge in [0.25, 0.3) is 0 Å². The third-order valence-corrected chi connectivity index (χ3v) is 3.21. The van der Waals surface area contributed by atoms with Gasteiger partial charge in [-0.25, -0.2) is 9.78 Å². The molecule has 0 saturated carbocycles. The molecule has 0 amide bonds. The Kier molecular flexibility index (Phi) is 3.81. The highest BCUT2D eigenvalue weighted by Gasteiger charge is 2.14. The molecule has 0 atom stereocenters. The highest BCUT2D eigenvalue weighted by Crippen LogP contribution is 2.14. The summed E-state index contributed by atoms with van der Waals surface area (Å²) in [6.45, 7) is 1.76. The fourth-order valence-electron chi connectivity index (χ4n) is 1.82. The molecule has 0 aliphatic rings. The van der Waals surface area contributed by atoms with Crippen molar-refractivity contribution in [2.75, 3.05) is 0 Å². The van der Waals surface area contributed by atoms with Gasteiger partial charge in [0.15, 0.2) is 5.69 Å². The molecule has 4 nitrogen and oxygen atoms in total. The number of H-pyrrole nitrogens is 1. The van der Waals surface area contributed by atoms with Gasteiger partial charge in [-0.15, -0.1) is 0 Å². The number of imidazole rings is 1. The second-order valence-corrected chi connectivity index (χ2v) is 5.00. The van der Waals surface area contributed by atoms with Crippen molar-refractivity contribution in [3.05, 3.63) is 51.5 Å². The van der Waals surface area contributed by atoms with E-state index in [1.165, 1.54) is 5.56 Å². The lowest BCUT2D eigenvalue weighted by Crippen LogP contribution is -2.03. The number of aryl methyl sites for hydroxylation is 3. The number of carboxylic acid groups (broad SMARTS) is 1. The van der Waals surface area contributed by atoms with E-state index in [-0.39, 0.29) is 5.69 Å². The van der Waals surface area contributed by atoms with Crippen LogP contribution in [0.1, 0.15) is 27.6 Å². The summed E-state index contributed by atoms with van der Waals surface area (Å²) in [6.07, 6.45) is 1.43. The number of aromatic nitrogens is 2. The summed E-state index contributed by atoms with van der Waals surface area (Å²) in [4.78, 5) is 18.0. The van der Waals surface area contributed by atoms with Gasteiger partial charge in [0.2, 0.25) is 0 Å². The number of nitrogens with zero attached hydrogens (tertiary/aromatic N) is 1. The topological polar surface area (TPSA) is 66.0 Å². The minimum atomic E-state index is -0.981. The lowest BCUT2D eigenvalue weighted by molar-refractivity contribution is 0.0689. The Balaban J connectivity index is 2.10. The van der Waals surface area contributed by atoms with Gasteiger partial charge >= 0.3 is 5.97 Å². The lowest BCUT2D eigenvalue weighted by Gasteiger charge is -2.01. The SMILES string of the molecule is Cc1nc(C(=O)O)c(CCc2ccc(Br)cc2)[nH]1. The van der Waals surface area contributed by atoms with Crippen LogP contribution in [0.4, 0.5) is 0 Å². The summed E-state index contributed by atoms with van der Waals surface area (Å²) in [5, 5.41) is 9.02. The lowest BCUT2D eigenvalue weighted by atomic mass is 10.1. The first-order chi connectivity index (χ1) is 8.56. The van der Waals surface area contributed by atoms with Crippen molar-refractivity contribution >= 4 is 21.9 Å². The van der Waals surface area contributed by atoms with Crippen LogP contribution in [-0.4, -0.2) is 21.0 Å². The van der Waals surface area contributed by atoms with Gasteiger partial charge in [-0.1, -0.05) is 28.1 Å². The molecule has 5 heteroatoms. The molecule has 2 rings (SSSR count). The minimum absolute atomic E-state index is 0.129. The van der Waals surface area contributed by atoms with Gasteiger partial charge in [0.1, 0.15) is 5.82 Å². The number of hydrogen-bond acceptors (Lipinski definition) is 2. The Morgan fingerprint density at radius 2 is 2.00 bits per heavy atom. The zero-order chi connectivity index (χ0) is 13.1. The molecule has 0 unspecified atom stereocenters. The Bertz CT molecular complexity index is 561. The maximum atomic E-state index is 11.0. The van der Waals surface area contributed by atoms with Crippen molar-refractivity contribution in [1.29, 1.82) is 0 Å². The molecule has 94 valence electrons. The van der Waals surface area contributed by atoms with Crippen LogP contribution in [0.3, 0.4) is 0 Å². The number of rotatable bonds is 4. The van der Waals surface area contributed by atoms with Crippen LogP contribution in [-0.2, 0) is 12.8 Å². The zero-order valence-corrected chi connectivity index (χ0v) is 11.5. The molecule has 2 N–H and O–H groups in total. The maximum Gasteiger partial charge on any atom is 0.356 e. The summed E-state index contributed by atoms with van der Waals surface area (Å²) < 4.78 is 1.04. The second kappa shape index (κ2) is 5.35. The normalized spacial score (nSPS) is 10.6. The molecule has 0 saturated heterocycles. The molecule has 1 aromatic heterocycles. The van der Waals surface area contributed by atoms with E-state index < -0.39 is 5.97 Å². The molecule has 18 heavy (non-hydrogen) atoms. The summed E-state index contributed by atoms with van der Waals surface area (Å²) in [6, 6.07) is 8.00. The smallest absolute Gasteiger partial charge is 0.356 e. The van der Waals surface area contributed by atoms with E-state index in [0.29, 0.717) is 17.9 Å². The Morgan fingerprint density at radius 1 is 1.33 bits per heavy atom. The fourth-order valence-corrected chi connectivity index (χ4v) is 2.08. The average molecular weight is 309 g/mol. The summed E-state index contributed by atoms with van der Waals surface area (Å²) in [5.41, 5.74) is 1.98. The van der Waals surface area contributed by atoms with Crippen LogP contribution in [0.15, 0.2) is 28.7 Å². The van der Waals surface area contributed by atoms with Crippen LogP contribution in [0.5, 0.6) is 0 Å². The van der Waals surface area contributed by atoms with E-state index in [1.807, 2.05) is 24.3 Å². The third kappa shape index (κ3) is 2.98. The van der Waals surface area contributed by atoms with Gasteiger partial charge in [0, 0.05) is 10.2 Å². The standard InChI is InChI=1S/C13H13BrN2O2/c1-8-15-11(12(16-8)13(17)18)7-4-9-2-5-10(14)6-3-9/h2-3,5-6H,4,7H2,1H3,(H,15,16)(H,17,18). The molecule has 1 aromatic carbocycles. The maximum absolute atomic E-state index is 11.0. The summed E-state index contributed by atoms with van der Waals surface area (Å²) >= 11 is 3.38. The van der Waals surface area contributed by atoms with Crippen molar-refractivity contribution in [3.63, 3.8) is 0 Å². The molecular formula is C13H13BrN2O2. The van der Waals surface area contributed by atoms with Crippen molar-refractivity contribution in [2.24, 2.45) is 0 Å². The number of halogens is 1. The van der Waals surface area contributed by atoms with E-state index in [4.69, 9.17) is 5.11 Å². The number of nitrogens with one attached hydrogen (secondary N) is 1. The zero-order valence-electron chi connectivity index (χ0n) is 9.90. The quantitative estimate of drug-likeness (QED) is 0.912. The highest BCUT2D eigenvalue weighted by molar-refractivity contribution is 9.10. The molecule has 0 spiro atoms. The molecule has 0 aliphatic heterocycles. The second-order valence-electron chi connectivity index (χ2n) is 4.08. The number of hydrogen-bond donors (Lipinski definition) is 2. The molecule has 0 bridgehead atoms. The summed E-state index contributed by atoms with van der Waals surface area (Å²) in [7, 11) is 0. The van der Waals surface area contributed by atoms with Crippen molar-refractivity contribution in [1.82, 2.24) is 9.97 Å². The van der Waals surface area contributed by atoms with Crippen molar-refractivity contribution < 1.29 is 9.90 Å². The number of carboxylic acids is 1. The highest BCUT2D eigenvalue weighted by atomic mass is 79.9. The van der Waals surface area contributed by atoms with Gasteiger partial charge < -0.3 is 10.1 Å². The van der Waals surface area contributed by atoms with E-state index in [0.717, 1.165) is 10.9 Å². The fraction of sp³-hybridized carbons (Fsp3) is 0.231. The Labute approximate surface area is 113 Å². The first-order valence-corrected chi connectivity index (χ1v) is 6.39. The van der Waals surface area contributed by atoms with Gasteiger partial charge in [-0.05, 0) is 37.5 Å². The van der Waals surface area contributed by atoms with E-state index in [9.17, 15) is 4.79 Å². The molecule has 0 aliphatic carbocycles. The predicted octanol–water partition coefficient (Wildman–Crippen LogP) is 2.96. The first kappa shape index (κ1) is 12.8. The van der Waals surface area contributed by atoms with Crippen LogP contribution in [0, 0.1) is 6.92 Å². The largest absolute Gasteiger partial charge is 0.476 e. The predicted molar refractivity (Wildman–Crippen MR) is 71.8 cm³/mol. The summed E-state index contributed by atoms with van der Waals surface area (Å²) in [5.74, 6) is -0.344. The van der Waals surface area contributed by atoms with Crippen LogP contribution < -0.4 is 0 Å². The Hall–Kier alpha value is -1.62. The Morgan fingerprint density at radius 3 is 2.61 bits per heavy atom. The van der Waals surface area contributed by atoms with E-state index >= 15 is 0 Å². The molecule has 0 radical (unpaired) electrons. The van der Waals surface area contributed by atoms with Crippen molar-refractivity contribution in [2.45, 2.75) is 19.8 Å².